The lowest BCUT2D eigenvalue weighted by Gasteiger charge is -2.18. The first-order valence-electron chi connectivity index (χ1n) is 6.94. The van der Waals surface area contributed by atoms with Gasteiger partial charge in [0.25, 0.3) is 11.8 Å². The fourth-order valence-electron chi connectivity index (χ4n) is 2.70. The van der Waals surface area contributed by atoms with Crippen molar-refractivity contribution >= 4 is 17.8 Å². The molecule has 2 heterocycles. The number of benzene rings is 1. The van der Waals surface area contributed by atoms with Gasteiger partial charge < -0.3 is 9.57 Å². The maximum absolute atomic E-state index is 12.1. The molecule has 1 aromatic carbocycles. The smallest absolute Gasteiger partial charge is 0.361 e. The summed E-state index contributed by atoms with van der Waals surface area (Å²) in [6.45, 7) is 2.45. The minimum absolute atomic E-state index is 0.0627. The fraction of sp³-hybridized carbons (Fsp3) is 0.400. The Kier molecular flexibility index (Phi) is 3.47. The van der Waals surface area contributed by atoms with Crippen molar-refractivity contribution in [2.24, 2.45) is 5.92 Å². The average molecular weight is 289 g/mol. The molecule has 2 amide bonds. The molecule has 0 bridgehead atoms. The first-order valence-corrected chi connectivity index (χ1v) is 6.94. The van der Waals surface area contributed by atoms with Crippen LogP contribution in [0.2, 0.25) is 0 Å². The van der Waals surface area contributed by atoms with E-state index in [2.05, 4.69) is 0 Å². The third kappa shape index (κ3) is 2.21. The van der Waals surface area contributed by atoms with Crippen molar-refractivity contribution in [3.8, 4) is 0 Å². The number of imide groups is 1. The van der Waals surface area contributed by atoms with Gasteiger partial charge in [-0.1, -0.05) is 30.5 Å². The van der Waals surface area contributed by atoms with E-state index < -0.39 is 23.9 Å². The molecule has 0 radical (unpaired) electrons. The lowest BCUT2D eigenvalue weighted by atomic mass is 9.99. The van der Waals surface area contributed by atoms with Gasteiger partial charge in [0.1, 0.15) is 0 Å². The van der Waals surface area contributed by atoms with Gasteiger partial charge >= 0.3 is 5.97 Å². The Morgan fingerprint density at radius 2 is 1.90 bits per heavy atom. The number of ether oxygens (including phenoxy) is 1. The van der Waals surface area contributed by atoms with Crippen molar-refractivity contribution in [3.63, 3.8) is 0 Å². The molecule has 0 saturated carbocycles. The zero-order chi connectivity index (χ0) is 15.0. The van der Waals surface area contributed by atoms with Crippen LogP contribution in [0, 0.1) is 5.92 Å². The van der Waals surface area contributed by atoms with Crippen LogP contribution in [0.5, 0.6) is 0 Å². The number of hydrogen-bond acceptors (Lipinski definition) is 5. The maximum Gasteiger partial charge on any atom is 0.361 e. The molecule has 6 heteroatoms. The van der Waals surface area contributed by atoms with Gasteiger partial charge in [0.2, 0.25) is 0 Å². The highest BCUT2D eigenvalue weighted by Crippen LogP contribution is 2.27. The maximum atomic E-state index is 12.1. The summed E-state index contributed by atoms with van der Waals surface area (Å²) in [5.41, 5.74) is 0.490. The van der Waals surface area contributed by atoms with Crippen LogP contribution in [0.1, 0.15) is 40.5 Å². The van der Waals surface area contributed by atoms with Crippen LogP contribution in [0.3, 0.4) is 0 Å². The third-order valence-corrected chi connectivity index (χ3v) is 3.91. The van der Waals surface area contributed by atoms with Crippen molar-refractivity contribution in [3.05, 3.63) is 35.4 Å². The number of nitrogens with zero attached hydrogens (tertiary/aromatic N) is 1. The number of hydroxylamine groups is 2. The van der Waals surface area contributed by atoms with Crippen LogP contribution in [-0.2, 0) is 14.4 Å². The van der Waals surface area contributed by atoms with E-state index in [-0.39, 0.29) is 17.0 Å². The molecule has 6 nitrogen and oxygen atoms in total. The molecule has 1 fully saturated rings. The predicted molar refractivity (Wildman–Crippen MR) is 71.2 cm³/mol. The third-order valence-electron chi connectivity index (χ3n) is 3.91. The highest BCUT2D eigenvalue weighted by Gasteiger charge is 2.42. The quantitative estimate of drug-likeness (QED) is 0.789. The molecule has 2 aliphatic heterocycles. The van der Waals surface area contributed by atoms with Gasteiger partial charge in [-0.15, -0.1) is 0 Å². The van der Waals surface area contributed by atoms with Gasteiger partial charge in [0.15, 0.2) is 6.10 Å². The highest BCUT2D eigenvalue weighted by atomic mass is 16.7. The van der Waals surface area contributed by atoms with E-state index in [0.717, 1.165) is 12.8 Å². The summed E-state index contributed by atoms with van der Waals surface area (Å²) < 4.78 is 5.35. The number of amides is 2. The van der Waals surface area contributed by atoms with Crippen LogP contribution in [-0.4, -0.2) is 35.6 Å². The molecule has 0 spiro atoms. The number of hydrogen-bond donors (Lipinski definition) is 0. The van der Waals surface area contributed by atoms with Crippen LogP contribution in [0.15, 0.2) is 24.3 Å². The second kappa shape index (κ2) is 5.29. The second-order valence-electron chi connectivity index (χ2n) is 5.11. The largest absolute Gasteiger partial charge is 0.366 e. The summed E-state index contributed by atoms with van der Waals surface area (Å²) >= 11 is 0. The van der Waals surface area contributed by atoms with Crippen LogP contribution < -0.4 is 0 Å². The summed E-state index contributed by atoms with van der Waals surface area (Å²) in [5, 5.41) is 0.529. The zero-order valence-electron chi connectivity index (χ0n) is 11.6. The Balaban J connectivity index is 1.76. The molecule has 2 atom stereocenters. The van der Waals surface area contributed by atoms with E-state index in [9.17, 15) is 14.4 Å². The summed E-state index contributed by atoms with van der Waals surface area (Å²) in [4.78, 5) is 41.3. The average Bonchev–Trinajstić information content (AvgIpc) is 3.07. The number of fused-ring (bicyclic) bond motifs is 1. The Morgan fingerprint density at radius 3 is 2.48 bits per heavy atom. The molecule has 0 N–H and O–H groups in total. The molecule has 2 aliphatic rings. The normalized spacial score (nSPS) is 24.3. The van der Waals surface area contributed by atoms with Crippen molar-refractivity contribution < 1.29 is 24.0 Å². The Labute approximate surface area is 121 Å². The molecule has 0 aromatic heterocycles. The monoisotopic (exact) mass is 289 g/mol. The Bertz CT molecular complexity index is 577. The summed E-state index contributed by atoms with van der Waals surface area (Å²) in [5.74, 6) is -1.86. The molecular formula is C15H15NO5. The fourth-order valence-corrected chi connectivity index (χ4v) is 2.70. The van der Waals surface area contributed by atoms with Crippen molar-refractivity contribution in [2.75, 3.05) is 6.61 Å². The summed E-state index contributed by atoms with van der Waals surface area (Å²) in [6.07, 6.45) is 0.847. The van der Waals surface area contributed by atoms with Gasteiger partial charge in [-0.25, -0.2) is 4.79 Å². The van der Waals surface area contributed by atoms with Gasteiger partial charge in [0.05, 0.1) is 11.1 Å². The standard InChI is InChI=1S/C15H15NO5/c1-2-9-7-8-20-12(9)15(19)21-16-13(17)10-5-3-4-6-11(10)14(16)18/h3-6,9,12H,2,7-8H2,1H3/t9-,12+/m1/s1. The lowest BCUT2D eigenvalue weighted by Crippen LogP contribution is -2.38. The number of carbonyl (C=O) groups is 3. The van der Waals surface area contributed by atoms with E-state index in [1.165, 1.54) is 12.1 Å². The zero-order valence-corrected chi connectivity index (χ0v) is 11.6. The first kappa shape index (κ1) is 13.8. The van der Waals surface area contributed by atoms with Gasteiger partial charge in [-0.3, -0.25) is 9.59 Å². The van der Waals surface area contributed by atoms with Crippen molar-refractivity contribution in [2.45, 2.75) is 25.9 Å². The minimum atomic E-state index is -0.709. The second-order valence-corrected chi connectivity index (χ2v) is 5.11. The van der Waals surface area contributed by atoms with Gasteiger partial charge in [-0.2, -0.15) is 0 Å². The SMILES string of the molecule is CC[C@@H]1CCO[C@@H]1C(=O)ON1C(=O)c2ccccc2C1=O. The highest BCUT2D eigenvalue weighted by molar-refractivity contribution is 6.20. The van der Waals surface area contributed by atoms with Crippen LogP contribution in [0.25, 0.3) is 0 Å². The number of carbonyl (C=O) groups excluding carboxylic acids is 3. The first-order chi connectivity index (χ1) is 10.1. The minimum Gasteiger partial charge on any atom is -0.366 e. The van der Waals surface area contributed by atoms with Gasteiger partial charge in [-0.05, 0) is 24.5 Å². The lowest BCUT2D eigenvalue weighted by molar-refractivity contribution is -0.181. The van der Waals surface area contributed by atoms with Gasteiger partial charge in [0, 0.05) is 6.61 Å². The Hall–Kier alpha value is -2.21. The molecule has 110 valence electrons. The van der Waals surface area contributed by atoms with E-state index >= 15 is 0 Å². The molecule has 0 aliphatic carbocycles. The van der Waals surface area contributed by atoms with Crippen molar-refractivity contribution in [1.82, 2.24) is 5.06 Å². The molecule has 21 heavy (non-hydrogen) atoms. The van der Waals surface area contributed by atoms with E-state index in [0.29, 0.717) is 11.7 Å². The summed E-state index contributed by atoms with van der Waals surface area (Å²) in [7, 11) is 0. The van der Waals surface area contributed by atoms with E-state index in [1.54, 1.807) is 12.1 Å². The number of rotatable bonds is 3. The Morgan fingerprint density at radius 1 is 1.29 bits per heavy atom. The molecule has 1 aromatic rings. The molecule has 1 saturated heterocycles. The topological polar surface area (TPSA) is 72.9 Å². The molecule has 0 unspecified atom stereocenters. The van der Waals surface area contributed by atoms with Crippen LogP contribution >= 0.6 is 0 Å². The molecular weight excluding hydrogens is 274 g/mol. The van der Waals surface area contributed by atoms with Crippen LogP contribution in [0.4, 0.5) is 0 Å². The molecule has 3 rings (SSSR count). The summed E-state index contributed by atoms with van der Waals surface area (Å²) in [6, 6.07) is 6.37. The van der Waals surface area contributed by atoms with E-state index in [1.807, 2.05) is 6.92 Å². The predicted octanol–water partition coefficient (Wildman–Crippen LogP) is 1.56. The van der Waals surface area contributed by atoms with E-state index in [4.69, 9.17) is 9.57 Å². The van der Waals surface area contributed by atoms with Crippen molar-refractivity contribution in [1.29, 1.82) is 0 Å².